The smallest absolute Gasteiger partial charge is 0.307 e. The summed E-state index contributed by atoms with van der Waals surface area (Å²) in [5, 5.41) is 8.64. The van der Waals surface area contributed by atoms with Crippen LogP contribution in [0.5, 0.6) is 0 Å². The molecule has 17 heavy (non-hydrogen) atoms. The lowest BCUT2D eigenvalue weighted by Gasteiger charge is -2.00. The molecular formula is C13H16N2O2. The van der Waals surface area contributed by atoms with Crippen LogP contribution < -0.4 is 5.73 Å². The molecule has 90 valence electrons. The minimum atomic E-state index is -0.923. The number of carboxylic acids is 1. The summed E-state index contributed by atoms with van der Waals surface area (Å²) in [6, 6.07) is 5.91. The van der Waals surface area contributed by atoms with E-state index in [1.165, 1.54) is 12.4 Å². The van der Waals surface area contributed by atoms with Gasteiger partial charge >= 0.3 is 5.97 Å². The quantitative estimate of drug-likeness (QED) is 0.782. The summed E-state index contributed by atoms with van der Waals surface area (Å²) in [6.45, 7) is 3.98. The molecule has 1 rings (SSSR count). The predicted octanol–water partition coefficient (Wildman–Crippen LogP) is 2.32. The first-order valence-electron chi connectivity index (χ1n) is 5.26. The Kier molecular flexibility index (Phi) is 4.46. The highest BCUT2D eigenvalue weighted by Gasteiger charge is 2.00. The van der Waals surface area contributed by atoms with Crippen LogP contribution in [0.1, 0.15) is 17.5 Å². The van der Waals surface area contributed by atoms with E-state index in [9.17, 15) is 4.79 Å². The second kappa shape index (κ2) is 5.84. The SMILES string of the molecule is Cc1cc(C)cc(N=C/C(=C\N)CC(=O)O)c1. The van der Waals surface area contributed by atoms with Crippen molar-refractivity contribution in [3.05, 3.63) is 41.1 Å². The third-order valence-corrected chi connectivity index (χ3v) is 2.16. The number of rotatable bonds is 4. The molecule has 0 fully saturated rings. The molecule has 0 amide bonds. The van der Waals surface area contributed by atoms with E-state index in [-0.39, 0.29) is 6.42 Å². The van der Waals surface area contributed by atoms with Gasteiger partial charge < -0.3 is 10.8 Å². The molecule has 4 nitrogen and oxygen atoms in total. The maximum atomic E-state index is 10.5. The number of carbonyl (C=O) groups is 1. The first-order valence-corrected chi connectivity index (χ1v) is 5.26. The minimum Gasteiger partial charge on any atom is -0.481 e. The van der Waals surface area contributed by atoms with Crippen molar-refractivity contribution >= 4 is 17.9 Å². The standard InChI is InChI=1S/C13H16N2O2/c1-9-3-10(2)5-12(4-9)15-8-11(7-14)6-13(16)17/h3-5,7-8H,6,14H2,1-2H3,(H,16,17)/b11-7-,15-8?. The van der Waals surface area contributed by atoms with Crippen molar-refractivity contribution in [2.75, 3.05) is 0 Å². The summed E-state index contributed by atoms with van der Waals surface area (Å²) in [4.78, 5) is 14.7. The van der Waals surface area contributed by atoms with E-state index >= 15 is 0 Å². The van der Waals surface area contributed by atoms with E-state index in [1.807, 2.05) is 26.0 Å². The number of nitrogens with two attached hydrogens (primary N) is 1. The van der Waals surface area contributed by atoms with Crippen LogP contribution in [-0.2, 0) is 4.79 Å². The van der Waals surface area contributed by atoms with E-state index < -0.39 is 5.97 Å². The highest BCUT2D eigenvalue weighted by molar-refractivity contribution is 5.87. The Morgan fingerprint density at radius 2 is 1.94 bits per heavy atom. The minimum absolute atomic E-state index is 0.120. The first kappa shape index (κ1) is 13.0. The largest absolute Gasteiger partial charge is 0.481 e. The fourth-order valence-electron chi connectivity index (χ4n) is 1.50. The lowest BCUT2D eigenvalue weighted by molar-refractivity contribution is -0.136. The Morgan fingerprint density at radius 1 is 1.35 bits per heavy atom. The molecule has 0 saturated heterocycles. The number of hydrogen-bond donors (Lipinski definition) is 2. The van der Waals surface area contributed by atoms with Gasteiger partial charge in [-0.2, -0.15) is 0 Å². The van der Waals surface area contributed by atoms with Crippen LogP contribution in [0.2, 0.25) is 0 Å². The Labute approximate surface area is 100 Å². The van der Waals surface area contributed by atoms with Crippen molar-refractivity contribution in [3.63, 3.8) is 0 Å². The van der Waals surface area contributed by atoms with Crippen molar-refractivity contribution in [1.82, 2.24) is 0 Å². The average molecular weight is 232 g/mol. The van der Waals surface area contributed by atoms with E-state index in [2.05, 4.69) is 11.1 Å². The van der Waals surface area contributed by atoms with Gasteiger partial charge in [0.05, 0.1) is 12.1 Å². The molecule has 0 saturated carbocycles. The topological polar surface area (TPSA) is 75.7 Å². The van der Waals surface area contributed by atoms with Crippen molar-refractivity contribution in [2.45, 2.75) is 20.3 Å². The van der Waals surface area contributed by atoms with Gasteiger partial charge in [0.25, 0.3) is 0 Å². The van der Waals surface area contributed by atoms with Crippen LogP contribution in [0.3, 0.4) is 0 Å². The van der Waals surface area contributed by atoms with E-state index in [4.69, 9.17) is 10.8 Å². The first-order chi connectivity index (χ1) is 8.01. The van der Waals surface area contributed by atoms with Crippen LogP contribution in [0.4, 0.5) is 5.69 Å². The lowest BCUT2D eigenvalue weighted by atomic mass is 10.1. The maximum Gasteiger partial charge on any atom is 0.307 e. The number of benzene rings is 1. The van der Waals surface area contributed by atoms with Crippen LogP contribution >= 0.6 is 0 Å². The summed E-state index contributed by atoms with van der Waals surface area (Å²) in [5.41, 5.74) is 8.85. The van der Waals surface area contributed by atoms with Crippen LogP contribution in [0.25, 0.3) is 0 Å². The summed E-state index contributed by atoms with van der Waals surface area (Å²) in [6.07, 6.45) is 2.63. The zero-order valence-corrected chi connectivity index (χ0v) is 9.97. The second-order valence-electron chi connectivity index (χ2n) is 3.92. The normalized spacial score (nSPS) is 12.0. The number of aliphatic imine (C=N–C) groups is 1. The molecule has 0 heterocycles. The molecule has 0 aromatic heterocycles. The monoisotopic (exact) mass is 232 g/mol. The van der Waals surface area contributed by atoms with E-state index in [0.717, 1.165) is 16.8 Å². The molecule has 0 unspecified atom stereocenters. The molecule has 0 spiro atoms. The Bertz CT molecular complexity index is 456. The summed E-state index contributed by atoms with van der Waals surface area (Å²) in [7, 11) is 0. The zero-order valence-electron chi connectivity index (χ0n) is 9.97. The van der Waals surface area contributed by atoms with Crippen molar-refractivity contribution in [1.29, 1.82) is 0 Å². The average Bonchev–Trinajstić information content (AvgIpc) is 2.22. The molecule has 0 atom stereocenters. The number of aryl methyl sites for hydroxylation is 2. The van der Waals surface area contributed by atoms with Crippen LogP contribution in [0.15, 0.2) is 35.0 Å². The molecule has 0 aliphatic heterocycles. The van der Waals surface area contributed by atoms with Crippen LogP contribution in [0, 0.1) is 13.8 Å². The fourth-order valence-corrected chi connectivity index (χ4v) is 1.50. The number of hydrogen-bond acceptors (Lipinski definition) is 3. The van der Waals surface area contributed by atoms with Crippen LogP contribution in [-0.4, -0.2) is 17.3 Å². The highest BCUT2D eigenvalue weighted by atomic mass is 16.4. The number of nitrogens with zero attached hydrogens (tertiary/aromatic N) is 1. The van der Waals surface area contributed by atoms with Gasteiger partial charge in [-0.1, -0.05) is 6.07 Å². The fraction of sp³-hybridized carbons (Fsp3) is 0.231. The molecule has 0 aliphatic rings. The third kappa shape index (κ3) is 4.51. The molecule has 4 heteroatoms. The van der Waals surface area contributed by atoms with Gasteiger partial charge in [-0.15, -0.1) is 0 Å². The number of aliphatic carboxylic acids is 1. The van der Waals surface area contributed by atoms with Gasteiger partial charge in [-0.25, -0.2) is 0 Å². The van der Waals surface area contributed by atoms with Gasteiger partial charge in [0.15, 0.2) is 0 Å². The van der Waals surface area contributed by atoms with Crippen molar-refractivity contribution in [2.24, 2.45) is 10.7 Å². The van der Waals surface area contributed by atoms with Gasteiger partial charge in [-0.3, -0.25) is 9.79 Å². The molecule has 1 aromatic carbocycles. The molecule has 3 N–H and O–H groups in total. The third-order valence-electron chi connectivity index (χ3n) is 2.16. The Hall–Kier alpha value is -2.10. The van der Waals surface area contributed by atoms with Crippen molar-refractivity contribution in [3.8, 4) is 0 Å². The zero-order chi connectivity index (χ0) is 12.8. The molecule has 0 radical (unpaired) electrons. The highest BCUT2D eigenvalue weighted by Crippen LogP contribution is 2.16. The number of carboxylic acid groups (broad SMARTS) is 1. The Balaban J connectivity index is 2.85. The van der Waals surface area contributed by atoms with E-state index in [1.54, 1.807) is 0 Å². The van der Waals surface area contributed by atoms with E-state index in [0.29, 0.717) is 5.57 Å². The van der Waals surface area contributed by atoms with Crippen molar-refractivity contribution < 1.29 is 9.90 Å². The molecular weight excluding hydrogens is 216 g/mol. The summed E-state index contributed by atoms with van der Waals surface area (Å²) >= 11 is 0. The Morgan fingerprint density at radius 3 is 2.41 bits per heavy atom. The van der Waals surface area contributed by atoms with Gasteiger partial charge in [0, 0.05) is 6.21 Å². The predicted molar refractivity (Wildman–Crippen MR) is 68.6 cm³/mol. The lowest BCUT2D eigenvalue weighted by Crippen LogP contribution is -2.00. The maximum absolute atomic E-state index is 10.5. The van der Waals surface area contributed by atoms with Gasteiger partial charge in [-0.05, 0) is 48.9 Å². The second-order valence-corrected chi connectivity index (χ2v) is 3.92. The molecule has 0 bridgehead atoms. The summed E-state index contributed by atoms with van der Waals surface area (Å²) in [5.74, 6) is -0.923. The molecule has 0 aliphatic carbocycles. The van der Waals surface area contributed by atoms with Gasteiger partial charge in [0.1, 0.15) is 0 Å². The van der Waals surface area contributed by atoms with Gasteiger partial charge in [0.2, 0.25) is 0 Å². The molecule has 1 aromatic rings. The summed E-state index contributed by atoms with van der Waals surface area (Å²) < 4.78 is 0.